The fourth-order valence-electron chi connectivity index (χ4n) is 2.04. The van der Waals surface area contributed by atoms with E-state index in [-0.39, 0.29) is 17.7 Å². The van der Waals surface area contributed by atoms with Crippen molar-refractivity contribution in [2.75, 3.05) is 17.3 Å². The topological polar surface area (TPSA) is 68.0 Å². The van der Waals surface area contributed by atoms with Gasteiger partial charge >= 0.3 is 6.01 Å². The van der Waals surface area contributed by atoms with Crippen LogP contribution in [-0.4, -0.2) is 28.1 Å². The van der Waals surface area contributed by atoms with Gasteiger partial charge in [-0.1, -0.05) is 28.8 Å². The molecule has 0 atom stereocenters. The summed E-state index contributed by atoms with van der Waals surface area (Å²) in [5.41, 5.74) is 0.846. The van der Waals surface area contributed by atoms with E-state index in [0.717, 1.165) is 15.4 Å². The lowest BCUT2D eigenvalue weighted by atomic mass is 10.2. The average molecular weight is 392 g/mol. The van der Waals surface area contributed by atoms with E-state index in [1.54, 1.807) is 23.9 Å². The maximum atomic E-state index is 12.0. The first kappa shape index (κ1) is 17.8. The van der Waals surface area contributed by atoms with Gasteiger partial charge in [0.1, 0.15) is 0 Å². The van der Waals surface area contributed by atoms with Crippen molar-refractivity contribution in [1.29, 1.82) is 0 Å². The Balaban J connectivity index is 1.61. The molecule has 0 unspecified atom stereocenters. The molecule has 0 saturated carbocycles. The van der Waals surface area contributed by atoms with Crippen molar-refractivity contribution >= 4 is 47.0 Å². The first-order chi connectivity index (χ1) is 12.2. The van der Waals surface area contributed by atoms with Crippen LogP contribution in [0, 0.1) is 0 Å². The van der Waals surface area contributed by atoms with Crippen LogP contribution >= 0.6 is 35.1 Å². The van der Waals surface area contributed by atoms with Crippen molar-refractivity contribution in [3.8, 4) is 11.5 Å². The third-order valence-electron chi connectivity index (χ3n) is 3.19. The summed E-state index contributed by atoms with van der Waals surface area (Å²) >= 11 is 8.83. The van der Waals surface area contributed by atoms with E-state index in [0.29, 0.717) is 10.9 Å². The van der Waals surface area contributed by atoms with Crippen LogP contribution in [-0.2, 0) is 4.79 Å². The molecule has 2 aromatic carbocycles. The fraction of sp³-hybridized carbons (Fsp3) is 0.118. The molecule has 1 aromatic heterocycles. The molecule has 128 valence electrons. The van der Waals surface area contributed by atoms with Gasteiger partial charge in [-0.15, -0.1) is 28.6 Å². The highest BCUT2D eigenvalue weighted by atomic mass is 35.5. The average Bonchev–Trinajstić information content (AvgIpc) is 3.09. The van der Waals surface area contributed by atoms with E-state index in [2.05, 4.69) is 15.5 Å². The van der Waals surface area contributed by atoms with E-state index < -0.39 is 0 Å². The quantitative estimate of drug-likeness (QED) is 0.606. The Bertz CT molecular complexity index is 868. The van der Waals surface area contributed by atoms with Crippen molar-refractivity contribution in [1.82, 2.24) is 10.2 Å². The molecule has 0 spiro atoms. The summed E-state index contributed by atoms with van der Waals surface area (Å²) in [7, 11) is 0. The number of nitrogens with one attached hydrogen (secondary N) is 1. The summed E-state index contributed by atoms with van der Waals surface area (Å²) < 4.78 is 5.56. The molecular weight excluding hydrogens is 378 g/mol. The third kappa shape index (κ3) is 4.78. The Morgan fingerprint density at radius 2 is 1.92 bits per heavy atom. The number of carbonyl (C=O) groups is 1. The zero-order chi connectivity index (χ0) is 17.6. The second-order valence-corrected chi connectivity index (χ2v) is 7.24. The maximum Gasteiger partial charge on any atom is 0.322 e. The van der Waals surface area contributed by atoms with Gasteiger partial charge in [-0.2, -0.15) is 0 Å². The first-order valence-corrected chi connectivity index (χ1v) is 9.89. The second kappa shape index (κ2) is 8.42. The molecule has 25 heavy (non-hydrogen) atoms. The van der Waals surface area contributed by atoms with E-state index in [9.17, 15) is 4.79 Å². The standard InChI is InChI=1S/C17H14ClN3O2S2/c1-24-14-5-3-2-4-13(14)16-20-21-17(23-16)19-15(22)10-25-12-8-6-11(18)7-9-12/h2-9H,10H2,1H3,(H,19,21,22). The Labute approximate surface area is 158 Å². The second-order valence-electron chi connectivity index (χ2n) is 4.90. The highest BCUT2D eigenvalue weighted by molar-refractivity contribution is 8.00. The van der Waals surface area contributed by atoms with E-state index in [1.807, 2.05) is 42.7 Å². The summed E-state index contributed by atoms with van der Waals surface area (Å²) in [5, 5.41) is 11.2. The summed E-state index contributed by atoms with van der Waals surface area (Å²) in [6.07, 6.45) is 1.98. The first-order valence-electron chi connectivity index (χ1n) is 7.31. The van der Waals surface area contributed by atoms with Crippen LogP contribution in [0.25, 0.3) is 11.5 Å². The normalized spacial score (nSPS) is 10.6. The molecule has 1 amide bonds. The summed E-state index contributed by atoms with van der Waals surface area (Å²) in [6.45, 7) is 0. The molecule has 0 aliphatic carbocycles. The minimum Gasteiger partial charge on any atom is -0.403 e. The number of benzene rings is 2. The predicted octanol–water partition coefficient (Wildman–Crippen LogP) is 4.84. The van der Waals surface area contributed by atoms with Crippen molar-refractivity contribution < 1.29 is 9.21 Å². The van der Waals surface area contributed by atoms with Gasteiger partial charge < -0.3 is 4.42 Å². The Morgan fingerprint density at radius 3 is 2.68 bits per heavy atom. The monoisotopic (exact) mass is 391 g/mol. The van der Waals surface area contributed by atoms with Crippen LogP contribution in [0.15, 0.2) is 62.7 Å². The van der Waals surface area contributed by atoms with Crippen molar-refractivity contribution in [3.63, 3.8) is 0 Å². The van der Waals surface area contributed by atoms with Crippen LogP contribution in [0.4, 0.5) is 6.01 Å². The van der Waals surface area contributed by atoms with Gasteiger partial charge in [0.25, 0.3) is 5.89 Å². The van der Waals surface area contributed by atoms with Crippen LogP contribution in [0.3, 0.4) is 0 Å². The van der Waals surface area contributed by atoms with Gasteiger partial charge in [-0.3, -0.25) is 10.1 Å². The molecule has 1 N–H and O–H groups in total. The van der Waals surface area contributed by atoms with Gasteiger partial charge in [0, 0.05) is 14.8 Å². The predicted molar refractivity (Wildman–Crippen MR) is 102 cm³/mol. The lowest BCUT2D eigenvalue weighted by molar-refractivity contribution is -0.113. The summed E-state index contributed by atoms with van der Waals surface area (Å²) in [5.74, 6) is 0.403. The Kier molecular flexibility index (Phi) is 6.01. The van der Waals surface area contributed by atoms with E-state index >= 15 is 0 Å². The summed E-state index contributed by atoms with van der Waals surface area (Å²) in [6, 6.07) is 15.1. The smallest absolute Gasteiger partial charge is 0.322 e. The lowest BCUT2D eigenvalue weighted by Gasteiger charge is -2.02. The molecule has 8 heteroatoms. The number of carbonyl (C=O) groups excluding carboxylic acids is 1. The minimum atomic E-state index is -0.215. The van der Waals surface area contributed by atoms with Crippen LogP contribution in [0.2, 0.25) is 5.02 Å². The minimum absolute atomic E-state index is 0.0904. The largest absolute Gasteiger partial charge is 0.403 e. The number of aromatic nitrogens is 2. The van der Waals surface area contributed by atoms with Crippen LogP contribution < -0.4 is 5.32 Å². The molecule has 0 aliphatic rings. The highest BCUT2D eigenvalue weighted by Crippen LogP contribution is 2.29. The fourth-order valence-corrected chi connectivity index (χ4v) is 3.45. The molecule has 0 saturated heterocycles. The van der Waals surface area contributed by atoms with Gasteiger partial charge in [0.05, 0.1) is 11.3 Å². The van der Waals surface area contributed by atoms with Crippen molar-refractivity contribution in [2.24, 2.45) is 0 Å². The molecule has 3 rings (SSSR count). The number of hydrogen-bond donors (Lipinski definition) is 1. The highest BCUT2D eigenvalue weighted by Gasteiger charge is 2.14. The number of nitrogens with zero attached hydrogens (tertiary/aromatic N) is 2. The Hall–Kier alpha value is -1.96. The maximum absolute atomic E-state index is 12.0. The molecule has 0 fully saturated rings. The van der Waals surface area contributed by atoms with E-state index in [1.165, 1.54) is 11.8 Å². The van der Waals surface area contributed by atoms with Crippen molar-refractivity contribution in [2.45, 2.75) is 9.79 Å². The third-order valence-corrected chi connectivity index (χ3v) is 5.25. The molecule has 5 nitrogen and oxygen atoms in total. The van der Waals surface area contributed by atoms with Crippen LogP contribution in [0.1, 0.15) is 0 Å². The molecule has 3 aromatic rings. The SMILES string of the molecule is CSc1ccccc1-c1nnc(NC(=O)CSc2ccc(Cl)cc2)o1. The number of thioether (sulfide) groups is 2. The number of halogens is 1. The summed E-state index contributed by atoms with van der Waals surface area (Å²) in [4.78, 5) is 14.0. The molecule has 0 aliphatic heterocycles. The number of rotatable bonds is 6. The van der Waals surface area contributed by atoms with Crippen molar-refractivity contribution in [3.05, 3.63) is 53.6 Å². The Morgan fingerprint density at radius 1 is 1.16 bits per heavy atom. The van der Waals surface area contributed by atoms with Crippen LogP contribution in [0.5, 0.6) is 0 Å². The molecular formula is C17H14ClN3O2S2. The lowest BCUT2D eigenvalue weighted by Crippen LogP contribution is -2.14. The zero-order valence-corrected chi connectivity index (χ0v) is 15.6. The van der Waals surface area contributed by atoms with Gasteiger partial charge in [0.15, 0.2) is 0 Å². The number of hydrogen-bond acceptors (Lipinski definition) is 6. The van der Waals surface area contributed by atoms with Gasteiger partial charge in [-0.05, 0) is 42.7 Å². The molecule has 1 heterocycles. The van der Waals surface area contributed by atoms with Gasteiger partial charge in [0.2, 0.25) is 5.91 Å². The molecule has 0 radical (unpaired) electrons. The molecule has 0 bridgehead atoms. The van der Waals surface area contributed by atoms with E-state index in [4.69, 9.17) is 16.0 Å². The zero-order valence-electron chi connectivity index (χ0n) is 13.2. The number of amides is 1. The number of anilines is 1. The van der Waals surface area contributed by atoms with Gasteiger partial charge in [-0.25, -0.2) is 0 Å².